The quantitative estimate of drug-likeness (QED) is 0.898. The van der Waals surface area contributed by atoms with Gasteiger partial charge in [-0.25, -0.2) is 4.39 Å². The van der Waals surface area contributed by atoms with Crippen LogP contribution in [0.25, 0.3) is 0 Å². The van der Waals surface area contributed by atoms with Gasteiger partial charge in [-0.05, 0) is 54.4 Å². The molecule has 108 valence electrons. The van der Waals surface area contributed by atoms with Crippen LogP contribution in [0.3, 0.4) is 0 Å². The number of ether oxygens (including phenoxy) is 1. The van der Waals surface area contributed by atoms with E-state index in [9.17, 15) is 4.39 Å². The Labute approximate surface area is 131 Å². The summed E-state index contributed by atoms with van der Waals surface area (Å²) in [5.74, 6) is 0.194. The van der Waals surface area contributed by atoms with Crippen LogP contribution >= 0.6 is 15.9 Å². The van der Waals surface area contributed by atoms with E-state index in [1.165, 1.54) is 12.1 Å². The van der Waals surface area contributed by atoms with E-state index < -0.39 is 5.82 Å². The van der Waals surface area contributed by atoms with Crippen molar-refractivity contribution in [2.45, 2.75) is 13.0 Å². The highest BCUT2D eigenvalue weighted by Crippen LogP contribution is 2.23. The zero-order chi connectivity index (χ0) is 15.2. The summed E-state index contributed by atoms with van der Waals surface area (Å²) in [6.45, 7) is 0.838. The van der Waals surface area contributed by atoms with Crippen molar-refractivity contribution in [1.82, 2.24) is 0 Å². The Hall–Kier alpha value is -1.90. The number of benzene rings is 2. The molecule has 0 aliphatic heterocycles. The maximum Gasteiger partial charge on any atom is 0.140 e. The van der Waals surface area contributed by atoms with E-state index in [-0.39, 0.29) is 12.2 Å². The monoisotopic (exact) mass is 348 g/mol. The number of hydrogen-bond donors (Lipinski definition) is 1. The maximum atomic E-state index is 13.2. The summed E-state index contributed by atoms with van der Waals surface area (Å²) in [4.78, 5) is 0. The molecule has 0 amide bonds. The molecule has 2 aromatic rings. The molecule has 0 saturated heterocycles. The Kier molecular flexibility index (Phi) is 5.32. The zero-order valence-electron chi connectivity index (χ0n) is 11.3. The van der Waals surface area contributed by atoms with E-state index in [0.717, 1.165) is 22.0 Å². The second-order valence-electron chi connectivity index (χ2n) is 4.51. The molecule has 0 aliphatic carbocycles. The van der Waals surface area contributed by atoms with Gasteiger partial charge in [0, 0.05) is 4.47 Å². The number of nitrogens with two attached hydrogens (primary N) is 1. The largest absolute Gasteiger partial charge is 0.489 e. The van der Waals surface area contributed by atoms with Crippen LogP contribution in [0.4, 0.5) is 4.39 Å². The predicted molar refractivity (Wildman–Crippen MR) is 82.3 cm³/mol. The minimum Gasteiger partial charge on any atom is -0.489 e. The molecule has 0 atom stereocenters. The molecule has 0 aliphatic rings. The van der Waals surface area contributed by atoms with Crippen LogP contribution < -0.4 is 10.5 Å². The summed E-state index contributed by atoms with van der Waals surface area (Å²) < 4.78 is 19.9. The van der Waals surface area contributed by atoms with Crippen molar-refractivity contribution >= 4 is 15.9 Å². The van der Waals surface area contributed by atoms with Crippen molar-refractivity contribution in [1.29, 1.82) is 5.26 Å². The van der Waals surface area contributed by atoms with Gasteiger partial charge in [0.2, 0.25) is 0 Å². The molecule has 0 saturated carbocycles. The van der Waals surface area contributed by atoms with Crippen LogP contribution in [0, 0.1) is 17.1 Å². The summed E-state index contributed by atoms with van der Waals surface area (Å²) in [6, 6.07) is 11.9. The lowest BCUT2D eigenvalue weighted by Crippen LogP contribution is -2.04. The van der Waals surface area contributed by atoms with Gasteiger partial charge in [0.1, 0.15) is 24.2 Å². The SMILES string of the molecule is N#Cc1cc(COc2ccc(Br)c(CCN)c2)ccc1F. The van der Waals surface area contributed by atoms with Crippen molar-refractivity contribution in [3.63, 3.8) is 0 Å². The molecule has 0 heterocycles. The average molecular weight is 349 g/mol. The van der Waals surface area contributed by atoms with Crippen molar-refractivity contribution < 1.29 is 9.13 Å². The standard InChI is InChI=1S/C16H14BrFN2O/c17-15-3-2-14(8-12(15)5-6-19)21-10-11-1-4-16(18)13(7-11)9-20/h1-4,7-8H,5-6,10,19H2. The molecule has 2 aromatic carbocycles. The van der Waals surface area contributed by atoms with E-state index in [2.05, 4.69) is 15.9 Å². The van der Waals surface area contributed by atoms with Crippen LogP contribution in [-0.2, 0) is 13.0 Å². The molecule has 21 heavy (non-hydrogen) atoms. The molecule has 0 radical (unpaired) electrons. The second-order valence-corrected chi connectivity index (χ2v) is 5.36. The topological polar surface area (TPSA) is 59.0 Å². The third-order valence-electron chi connectivity index (χ3n) is 2.99. The average Bonchev–Trinajstić information content (AvgIpc) is 2.49. The summed E-state index contributed by atoms with van der Waals surface area (Å²) in [5, 5.41) is 8.81. The number of nitriles is 1. The molecule has 0 spiro atoms. The third-order valence-corrected chi connectivity index (χ3v) is 3.76. The highest BCUT2D eigenvalue weighted by atomic mass is 79.9. The first kappa shape index (κ1) is 15.5. The van der Waals surface area contributed by atoms with Gasteiger partial charge in [0.25, 0.3) is 0 Å². The Bertz CT molecular complexity index is 682. The van der Waals surface area contributed by atoms with Gasteiger partial charge in [0.15, 0.2) is 0 Å². The van der Waals surface area contributed by atoms with Gasteiger partial charge in [-0.2, -0.15) is 5.26 Å². The Morgan fingerprint density at radius 1 is 1.24 bits per heavy atom. The lowest BCUT2D eigenvalue weighted by molar-refractivity contribution is 0.305. The molecule has 0 bridgehead atoms. The van der Waals surface area contributed by atoms with Crippen LogP contribution in [0.1, 0.15) is 16.7 Å². The Morgan fingerprint density at radius 2 is 2.05 bits per heavy atom. The molecular weight excluding hydrogens is 335 g/mol. The van der Waals surface area contributed by atoms with E-state index in [1.807, 2.05) is 24.3 Å². The van der Waals surface area contributed by atoms with Crippen LogP contribution in [-0.4, -0.2) is 6.54 Å². The number of rotatable bonds is 5. The minimum absolute atomic E-state index is 0.0238. The van der Waals surface area contributed by atoms with Crippen molar-refractivity contribution in [3.05, 3.63) is 63.4 Å². The first-order valence-electron chi connectivity index (χ1n) is 6.44. The highest BCUT2D eigenvalue weighted by molar-refractivity contribution is 9.10. The molecule has 5 heteroatoms. The normalized spacial score (nSPS) is 10.2. The van der Waals surface area contributed by atoms with Crippen molar-refractivity contribution in [2.75, 3.05) is 6.54 Å². The maximum absolute atomic E-state index is 13.2. The second kappa shape index (κ2) is 7.21. The fourth-order valence-electron chi connectivity index (χ4n) is 1.90. The van der Waals surface area contributed by atoms with E-state index in [1.54, 1.807) is 6.07 Å². The lowest BCUT2D eigenvalue weighted by atomic mass is 10.1. The minimum atomic E-state index is -0.518. The smallest absolute Gasteiger partial charge is 0.140 e. The number of nitrogens with zero attached hydrogens (tertiary/aromatic N) is 1. The molecular formula is C16H14BrFN2O. The van der Waals surface area contributed by atoms with E-state index in [4.69, 9.17) is 15.7 Å². The van der Waals surface area contributed by atoms with Crippen molar-refractivity contribution in [2.24, 2.45) is 5.73 Å². The lowest BCUT2D eigenvalue weighted by Gasteiger charge is -2.10. The Morgan fingerprint density at radius 3 is 2.76 bits per heavy atom. The number of hydrogen-bond acceptors (Lipinski definition) is 3. The first-order valence-corrected chi connectivity index (χ1v) is 7.23. The highest BCUT2D eigenvalue weighted by Gasteiger charge is 2.05. The Balaban J connectivity index is 2.09. The zero-order valence-corrected chi connectivity index (χ0v) is 12.9. The van der Waals surface area contributed by atoms with Gasteiger partial charge in [-0.3, -0.25) is 0 Å². The van der Waals surface area contributed by atoms with Gasteiger partial charge in [-0.1, -0.05) is 22.0 Å². The number of halogens is 2. The summed E-state index contributed by atoms with van der Waals surface area (Å²) in [7, 11) is 0. The molecule has 2 N–H and O–H groups in total. The van der Waals surface area contributed by atoms with Crippen molar-refractivity contribution in [3.8, 4) is 11.8 Å². The molecule has 2 rings (SSSR count). The van der Waals surface area contributed by atoms with Crippen LogP contribution in [0.15, 0.2) is 40.9 Å². The van der Waals surface area contributed by atoms with Gasteiger partial charge in [-0.15, -0.1) is 0 Å². The molecule has 0 fully saturated rings. The van der Waals surface area contributed by atoms with Crippen LogP contribution in [0.2, 0.25) is 0 Å². The van der Waals surface area contributed by atoms with E-state index in [0.29, 0.717) is 12.3 Å². The predicted octanol–water partition coefficient (Wildman–Crippen LogP) is 3.54. The van der Waals surface area contributed by atoms with Gasteiger partial charge in [0.05, 0.1) is 5.56 Å². The molecule has 3 nitrogen and oxygen atoms in total. The third kappa shape index (κ3) is 4.03. The molecule has 0 aromatic heterocycles. The fourth-order valence-corrected chi connectivity index (χ4v) is 2.35. The summed E-state index contributed by atoms with van der Waals surface area (Å²) >= 11 is 3.47. The van der Waals surface area contributed by atoms with E-state index >= 15 is 0 Å². The molecule has 0 unspecified atom stereocenters. The van der Waals surface area contributed by atoms with Gasteiger partial charge < -0.3 is 10.5 Å². The summed E-state index contributed by atoms with van der Waals surface area (Å²) in [6.07, 6.45) is 0.757. The summed E-state index contributed by atoms with van der Waals surface area (Å²) in [5.41, 5.74) is 7.41. The fraction of sp³-hybridized carbons (Fsp3) is 0.188. The van der Waals surface area contributed by atoms with Crippen LogP contribution in [0.5, 0.6) is 5.75 Å². The first-order chi connectivity index (χ1) is 10.1. The van der Waals surface area contributed by atoms with Gasteiger partial charge >= 0.3 is 0 Å².